The van der Waals surface area contributed by atoms with Crippen LogP contribution >= 0.6 is 0 Å². The van der Waals surface area contributed by atoms with Crippen LogP contribution in [0.2, 0.25) is 0 Å². The van der Waals surface area contributed by atoms with E-state index in [1.54, 1.807) is 4.90 Å². The van der Waals surface area contributed by atoms with Gasteiger partial charge in [-0.2, -0.15) is 0 Å². The summed E-state index contributed by atoms with van der Waals surface area (Å²) in [5.74, 6) is -0.394. The molecule has 5 heteroatoms. The van der Waals surface area contributed by atoms with Crippen LogP contribution in [-0.4, -0.2) is 30.1 Å². The van der Waals surface area contributed by atoms with Gasteiger partial charge >= 0.3 is 12.0 Å². The van der Waals surface area contributed by atoms with Crippen LogP contribution in [0.15, 0.2) is 35.5 Å². The number of aryl methyl sites for hydroxylation is 1. The molecule has 2 aliphatic rings. The lowest BCUT2D eigenvalue weighted by atomic mass is 9.94. The molecular formula is C17H20N2O3. The Morgan fingerprint density at radius 1 is 1.32 bits per heavy atom. The van der Waals surface area contributed by atoms with Crippen molar-refractivity contribution in [3.05, 3.63) is 46.7 Å². The first-order valence-corrected chi connectivity index (χ1v) is 7.48. The first kappa shape index (κ1) is 14.6. The summed E-state index contributed by atoms with van der Waals surface area (Å²) < 4.78 is 4.95. The fourth-order valence-electron chi connectivity index (χ4n) is 3.00. The third kappa shape index (κ3) is 2.47. The Morgan fingerprint density at radius 2 is 2.05 bits per heavy atom. The van der Waals surface area contributed by atoms with Gasteiger partial charge in [0.25, 0.3) is 0 Å². The summed E-state index contributed by atoms with van der Waals surface area (Å²) in [6, 6.07) is 7.41. The van der Waals surface area contributed by atoms with Gasteiger partial charge in [0, 0.05) is 11.7 Å². The molecule has 1 heterocycles. The number of carbonyl (C=O) groups excluding carboxylic acids is 2. The van der Waals surface area contributed by atoms with Gasteiger partial charge in [-0.15, -0.1) is 0 Å². The second kappa shape index (κ2) is 5.48. The number of methoxy groups -OCH3 is 1. The highest BCUT2D eigenvalue weighted by Gasteiger charge is 2.42. The molecule has 2 amide bonds. The molecule has 0 bridgehead atoms. The van der Waals surface area contributed by atoms with Crippen molar-refractivity contribution in [1.29, 1.82) is 0 Å². The minimum Gasteiger partial charge on any atom is -0.466 e. The Labute approximate surface area is 129 Å². The molecule has 1 unspecified atom stereocenters. The lowest BCUT2D eigenvalue weighted by Crippen LogP contribution is -2.48. The first-order valence-electron chi connectivity index (χ1n) is 7.48. The van der Waals surface area contributed by atoms with Crippen LogP contribution in [0.25, 0.3) is 0 Å². The van der Waals surface area contributed by atoms with Crippen LogP contribution in [0.3, 0.4) is 0 Å². The molecule has 3 rings (SSSR count). The van der Waals surface area contributed by atoms with E-state index in [9.17, 15) is 9.59 Å². The van der Waals surface area contributed by atoms with Crippen molar-refractivity contribution in [2.75, 3.05) is 7.11 Å². The maximum atomic E-state index is 12.4. The third-order valence-electron chi connectivity index (χ3n) is 4.22. The zero-order chi connectivity index (χ0) is 15.9. The number of nitrogens with zero attached hydrogens (tertiary/aromatic N) is 1. The van der Waals surface area contributed by atoms with E-state index in [-0.39, 0.29) is 12.1 Å². The standard InChI is InChI=1S/C17H20N2O3/c1-10-5-4-6-12(9-10)15-14(16(20)22-3)11(2)19(13-7-8-13)17(21)18-15/h4-6,9,13,15H,7-8H2,1-3H3,(H,18,21). The fraction of sp³-hybridized carbons (Fsp3) is 0.412. The largest absolute Gasteiger partial charge is 0.466 e. The van der Waals surface area contributed by atoms with Gasteiger partial charge in [0.05, 0.1) is 18.7 Å². The predicted octanol–water partition coefficient (Wildman–Crippen LogP) is 2.67. The highest BCUT2D eigenvalue weighted by Crippen LogP contribution is 2.37. The SMILES string of the molecule is COC(=O)C1=C(C)N(C2CC2)C(=O)NC1c1cccc(C)c1. The average molecular weight is 300 g/mol. The Bertz CT molecular complexity index is 662. The highest BCUT2D eigenvalue weighted by atomic mass is 16.5. The molecule has 1 N–H and O–H groups in total. The molecule has 116 valence electrons. The van der Waals surface area contributed by atoms with Crippen molar-refractivity contribution in [2.45, 2.75) is 38.8 Å². The number of hydrogen-bond acceptors (Lipinski definition) is 3. The number of hydrogen-bond donors (Lipinski definition) is 1. The summed E-state index contributed by atoms with van der Waals surface area (Å²) in [7, 11) is 1.37. The average Bonchev–Trinajstić information content (AvgIpc) is 3.30. The molecule has 5 nitrogen and oxygen atoms in total. The summed E-state index contributed by atoms with van der Waals surface area (Å²) in [6.45, 7) is 3.81. The number of urea groups is 1. The molecule has 0 aromatic heterocycles. The molecule has 1 aromatic carbocycles. The van der Waals surface area contributed by atoms with Crippen LogP contribution in [0.5, 0.6) is 0 Å². The van der Waals surface area contributed by atoms with Crippen LogP contribution in [-0.2, 0) is 9.53 Å². The van der Waals surface area contributed by atoms with Gasteiger partial charge in [-0.3, -0.25) is 4.90 Å². The molecule has 0 spiro atoms. The van der Waals surface area contributed by atoms with Gasteiger partial charge in [0.15, 0.2) is 0 Å². The van der Waals surface area contributed by atoms with Gasteiger partial charge in [-0.05, 0) is 32.3 Å². The van der Waals surface area contributed by atoms with E-state index in [4.69, 9.17) is 4.74 Å². The minimum absolute atomic E-state index is 0.140. The van der Waals surface area contributed by atoms with E-state index < -0.39 is 12.0 Å². The summed E-state index contributed by atoms with van der Waals surface area (Å²) in [5, 5.41) is 2.96. The van der Waals surface area contributed by atoms with Crippen LogP contribution in [0.4, 0.5) is 4.79 Å². The minimum atomic E-state index is -0.463. The second-order valence-corrected chi connectivity index (χ2v) is 5.89. The number of nitrogens with one attached hydrogen (secondary N) is 1. The zero-order valence-electron chi connectivity index (χ0n) is 13.1. The maximum absolute atomic E-state index is 12.4. The van der Waals surface area contributed by atoms with Crippen LogP contribution in [0.1, 0.15) is 36.9 Å². The van der Waals surface area contributed by atoms with Gasteiger partial charge in [-0.25, -0.2) is 9.59 Å². The second-order valence-electron chi connectivity index (χ2n) is 5.89. The van der Waals surface area contributed by atoms with Gasteiger partial charge < -0.3 is 10.1 Å². The smallest absolute Gasteiger partial charge is 0.337 e. The lowest BCUT2D eigenvalue weighted by Gasteiger charge is -2.35. The molecule has 0 saturated heterocycles. The van der Waals surface area contributed by atoms with Gasteiger partial charge in [0.1, 0.15) is 0 Å². The van der Waals surface area contributed by atoms with Crippen LogP contribution in [0, 0.1) is 6.92 Å². The molecule has 1 aliphatic heterocycles. The fourth-order valence-corrected chi connectivity index (χ4v) is 3.00. The number of ether oxygens (including phenoxy) is 1. The third-order valence-corrected chi connectivity index (χ3v) is 4.22. The first-order chi connectivity index (χ1) is 10.5. The van der Waals surface area contributed by atoms with Gasteiger partial charge in [0.2, 0.25) is 0 Å². The molecule has 22 heavy (non-hydrogen) atoms. The summed E-state index contributed by atoms with van der Waals surface area (Å²) >= 11 is 0. The number of carbonyl (C=O) groups is 2. The monoisotopic (exact) mass is 300 g/mol. The number of rotatable bonds is 3. The molecule has 1 atom stereocenters. The summed E-state index contributed by atoms with van der Waals surface area (Å²) in [5.41, 5.74) is 3.19. The van der Waals surface area contributed by atoms with Crippen molar-refractivity contribution in [1.82, 2.24) is 10.2 Å². The molecule has 1 fully saturated rings. The quantitative estimate of drug-likeness (QED) is 0.873. The highest BCUT2D eigenvalue weighted by molar-refractivity contribution is 5.95. The number of allylic oxidation sites excluding steroid dienone is 1. The Hall–Kier alpha value is -2.30. The van der Waals surface area contributed by atoms with Crippen LogP contribution < -0.4 is 5.32 Å². The predicted molar refractivity (Wildman–Crippen MR) is 82.0 cm³/mol. The Kier molecular flexibility index (Phi) is 3.64. The molecule has 1 saturated carbocycles. The molecule has 1 aromatic rings. The number of benzene rings is 1. The number of esters is 1. The molecule has 0 radical (unpaired) electrons. The van der Waals surface area contributed by atoms with E-state index in [1.807, 2.05) is 38.1 Å². The van der Waals surface area contributed by atoms with Crippen molar-refractivity contribution in [3.8, 4) is 0 Å². The van der Waals surface area contributed by atoms with Crippen molar-refractivity contribution >= 4 is 12.0 Å². The van der Waals surface area contributed by atoms with Gasteiger partial charge in [-0.1, -0.05) is 29.8 Å². The van der Waals surface area contributed by atoms with E-state index in [2.05, 4.69) is 5.32 Å². The van der Waals surface area contributed by atoms with Crippen molar-refractivity contribution < 1.29 is 14.3 Å². The normalized spacial score (nSPS) is 21.7. The zero-order valence-corrected chi connectivity index (χ0v) is 13.1. The Balaban J connectivity index is 2.08. The lowest BCUT2D eigenvalue weighted by molar-refractivity contribution is -0.136. The number of amides is 2. The topological polar surface area (TPSA) is 58.6 Å². The Morgan fingerprint density at radius 3 is 2.64 bits per heavy atom. The van der Waals surface area contributed by atoms with E-state index >= 15 is 0 Å². The van der Waals surface area contributed by atoms with E-state index in [0.717, 1.165) is 24.0 Å². The van der Waals surface area contributed by atoms with E-state index in [1.165, 1.54) is 7.11 Å². The van der Waals surface area contributed by atoms with Crippen molar-refractivity contribution in [3.63, 3.8) is 0 Å². The van der Waals surface area contributed by atoms with E-state index in [0.29, 0.717) is 11.3 Å². The summed E-state index contributed by atoms with van der Waals surface area (Å²) in [4.78, 5) is 26.4. The van der Waals surface area contributed by atoms with Crippen molar-refractivity contribution in [2.24, 2.45) is 0 Å². The summed E-state index contributed by atoms with van der Waals surface area (Å²) in [6.07, 6.45) is 1.96. The molecule has 1 aliphatic carbocycles. The molecular weight excluding hydrogens is 280 g/mol. The maximum Gasteiger partial charge on any atom is 0.337 e.